The highest BCUT2D eigenvalue weighted by atomic mass is 35.5. The van der Waals surface area contributed by atoms with E-state index in [2.05, 4.69) is 11.8 Å². The Bertz CT molecular complexity index is 762. The summed E-state index contributed by atoms with van der Waals surface area (Å²) in [4.78, 5) is 13.0. The molecule has 0 bridgehead atoms. The van der Waals surface area contributed by atoms with Gasteiger partial charge in [-0.15, -0.1) is 0 Å². The molecule has 27 heavy (non-hydrogen) atoms. The standard InChI is InChI=1S/C20H24ClF2NO3/c1-18(2,3)27-17(25)24-11-9-16(20(22,23)13-24)19(4,26)10-8-14-6-5-7-15(21)12-14/h5-7,12,16,26H,9,11,13H2,1-4H3. The Kier molecular flexibility index (Phi) is 6.08. The van der Waals surface area contributed by atoms with Crippen LogP contribution in [0.15, 0.2) is 24.3 Å². The van der Waals surface area contributed by atoms with Crippen LogP contribution in [0, 0.1) is 17.8 Å². The zero-order chi connectivity index (χ0) is 20.5. The highest BCUT2D eigenvalue weighted by Crippen LogP contribution is 2.40. The average molecular weight is 400 g/mol. The number of rotatable bonds is 1. The molecule has 2 atom stereocenters. The second-order valence-corrected chi connectivity index (χ2v) is 8.35. The van der Waals surface area contributed by atoms with Crippen LogP contribution < -0.4 is 0 Å². The van der Waals surface area contributed by atoms with Crippen molar-refractivity contribution in [3.05, 3.63) is 34.9 Å². The number of alkyl halides is 2. The summed E-state index contributed by atoms with van der Waals surface area (Å²) >= 11 is 5.88. The maximum atomic E-state index is 14.7. The summed E-state index contributed by atoms with van der Waals surface area (Å²) in [5.74, 6) is 0.534. The summed E-state index contributed by atoms with van der Waals surface area (Å²) in [6.45, 7) is 5.53. The van der Waals surface area contributed by atoms with Gasteiger partial charge in [-0.05, 0) is 52.3 Å². The van der Waals surface area contributed by atoms with E-state index in [9.17, 15) is 18.7 Å². The monoisotopic (exact) mass is 399 g/mol. The third kappa shape index (κ3) is 5.82. The fourth-order valence-corrected chi connectivity index (χ4v) is 3.16. The molecule has 0 aromatic heterocycles. The summed E-state index contributed by atoms with van der Waals surface area (Å²) in [5.41, 5.74) is -2.17. The van der Waals surface area contributed by atoms with Crippen molar-refractivity contribution in [3.63, 3.8) is 0 Å². The smallest absolute Gasteiger partial charge is 0.410 e. The zero-order valence-corrected chi connectivity index (χ0v) is 16.6. The lowest BCUT2D eigenvalue weighted by molar-refractivity contribution is -0.158. The van der Waals surface area contributed by atoms with Crippen LogP contribution in [0.3, 0.4) is 0 Å². The number of halogens is 3. The Labute approximate surface area is 163 Å². The van der Waals surface area contributed by atoms with E-state index >= 15 is 0 Å². The zero-order valence-electron chi connectivity index (χ0n) is 15.9. The first-order valence-electron chi connectivity index (χ1n) is 8.67. The molecule has 1 aromatic rings. The lowest BCUT2D eigenvalue weighted by atomic mass is 9.79. The van der Waals surface area contributed by atoms with Crippen molar-refractivity contribution >= 4 is 17.7 Å². The summed E-state index contributed by atoms with van der Waals surface area (Å²) in [6, 6.07) is 6.63. The SMILES string of the molecule is CC(C)(C)OC(=O)N1CCC(C(C)(O)C#Cc2cccc(Cl)c2)C(F)(F)C1. The number of aliphatic hydroxyl groups is 1. The van der Waals surface area contributed by atoms with Crippen molar-refractivity contribution in [2.45, 2.75) is 51.2 Å². The molecular formula is C20H24ClF2NO3. The molecular weight excluding hydrogens is 376 g/mol. The van der Waals surface area contributed by atoms with E-state index in [-0.39, 0.29) is 13.0 Å². The topological polar surface area (TPSA) is 49.8 Å². The minimum Gasteiger partial charge on any atom is -0.444 e. The van der Waals surface area contributed by atoms with Crippen LogP contribution >= 0.6 is 11.6 Å². The lowest BCUT2D eigenvalue weighted by Gasteiger charge is -2.42. The Morgan fingerprint density at radius 3 is 2.59 bits per heavy atom. The van der Waals surface area contributed by atoms with Gasteiger partial charge in [0.2, 0.25) is 0 Å². The van der Waals surface area contributed by atoms with Crippen molar-refractivity contribution in [1.29, 1.82) is 0 Å². The second-order valence-electron chi connectivity index (χ2n) is 7.91. The highest BCUT2D eigenvalue weighted by Gasteiger charge is 2.53. The van der Waals surface area contributed by atoms with Gasteiger partial charge in [-0.25, -0.2) is 13.6 Å². The summed E-state index contributed by atoms with van der Waals surface area (Å²) in [5, 5.41) is 11.1. The number of amides is 1. The molecule has 1 saturated heterocycles. The first-order chi connectivity index (χ1) is 12.3. The molecule has 1 fully saturated rings. The predicted molar refractivity (Wildman–Crippen MR) is 99.8 cm³/mol. The highest BCUT2D eigenvalue weighted by molar-refractivity contribution is 6.30. The van der Waals surface area contributed by atoms with E-state index in [0.29, 0.717) is 10.6 Å². The van der Waals surface area contributed by atoms with E-state index < -0.39 is 35.7 Å². The van der Waals surface area contributed by atoms with E-state index in [0.717, 1.165) is 4.90 Å². The van der Waals surface area contributed by atoms with Gasteiger partial charge >= 0.3 is 6.09 Å². The third-order valence-electron chi connectivity index (χ3n) is 4.21. The largest absolute Gasteiger partial charge is 0.444 e. The molecule has 1 amide bonds. The molecule has 0 saturated carbocycles. The number of benzene rings is 1. The number of likely N-dealkylation sites (tertiary alicyclic amines) is 1. The number of piperidine rings is 1. The molecule has 0 aliphatic carbocycles. The Balaban J connectivity index is 2.14. The summed E-state index contributed by atoms with van der Waals surface area (Å²) in [7, 11) is 0. The number of hydrogen-bond acceptors (Lipinski definition) is 3. The lowest BCUT2D eigenvalue weighted by Crippen LogP contribution is -2.57. The van der Waals surface area contributed by atoms with E-state index in [1.165, 1.54) is 6.92 Å². The van der Waals surface area contributed by atoms with E-state index in [1.807, 2.05) is 0 Å². The number of hydrogen-bond donors (Lipinski definition) is 1. The molecule has 1 aromatic carbocycles. The van der Waals surface area contributed by atoms with E-state index in [1.54, 1.807) is 45.0 Å². The van der Waals surface area contributed by atoms with Gasteiger partial charge in [0.25, 0.3) is 5.92 Å². The van der Waals surface area contributed by atoms with Gasteiger partial charge < -0.3 is 14.7 Å². The summed E-state index contributed by atoms with van der Waals surface area (Å²) in [6.07, 6.45) is -0.881. The van der Waals surface area contributed by atoms with Crippen LogP contribution in [-0.2, 0) is 4.74 Å². The Morgan fingerprint density at radius 2 is 2.04 bits per heavy atom. The van der Waals surface area contributed by atoms with Gasteiger partial charge in [0.1, 0.15) is 11.2 Å². The van der Waals surface area contributed by atoms with Crippen LogP contribution in [0.1, 0.15) is 39.7 Å². The molecule has 1 heterocycles. The average Bonchev–Trinajstić information content (AvgIpc) is 2.50. The Hall–Kier alpha value is -1.84. The molecule has 2 unspecified atom stereocenters. The van der Waals surface area contributed by atoms with Gasteiger partial charge in [-0.1, -0.05) is 29.5 Å². The third-order valence-corrected chi connectivity index (χ3v) is 4.45. The van der Waals surface area contributed by atoms with Crippen LogP contribution in [-0.4, -0.2) is 46.3 Å². The minimum atomic E-state index is -3.30. The van der Waals surface area contributed by atoms with Crippen LogP contribution in [0.5, 0.6) is 0 Å². The van der Waals surface area contributed by atoms with Gasteiger partial charge in [0, 0.05) is 17.1 Å². The van der Waals surface area contributed by atoms with E-state index in [4.69, 9.17) is 16.3 Å². The molecule has 1 aliphatic heterocycles. The van der Waals surface area contributed by atoms with Crippen molar-refractivity contribution in [2.24, 2.45) is 5.92 Å². The number of ether oxygens (including phenoxy) is 1. The molecule has 148 valence electrons. The number of nitrogens with zero attached hydrogens (tertiary/aromatic N) is 1. The Morgan fingerprint density at radius 1 is 1.37 bits per heavy atom. The fourth-order valence-electron chi connectivity index (χ4n) is 2.97. The summed E-state index contributed by atoms with van der Waals surface area (Å²) < 4.78 is 34.6. The molecule has 7 heteroatoms. The van der Waals surface area contributed by atoms with Crippen LogP contribution in [0.4, 0.5) is 13.6 Å². The molecule has 1 N–H and O–H groups in total. The first kappa shape index (κ1) is 21.5. The molecule has 0 radical (unpaired) electrons. The molecule has 4 nitrogen and oxygen atoms in total. The van der Waals surface area contributed by atoms with Crippen LogP contribution in [0.25, 0.3) is 0 Å². The second kappa shape index (κ2) is 7.65. The van der Waals surface area contributed by atoms with Crippen molar-refractivity contribution in [2.75, 3.05) is 13.1 Å². The van der Waals surface area contributed by atoms with Crippen molar-refractivity contribution < 1.29 is 23.4 Å². The van der Waals surface area contributed by atoms with Gasteiger partial charge in [0.05, 0.1) is 12.5 Å². The quantitative estimate of drug-likeness (QED) is 0.715. The first-order valence-corrected chi connectivity index (χ1v) is 9.05. The fraction of sp³-hybridized carbons (Fsp3) is 0.550. The molecule has 1 aliphatic rings. The normalized spacial score (nSPS) is 21.6. The minimum absolute atomic E-state index is 0.0597. The maximum absolute atomic E-state index is 14.7. The maximum Gasteiger partial charge on any atom is 0.410 e. The van der Waals surface area contributed by atoms with Crippen molar-refractivity contribution in [1.82, 2.24) is 4.90 Å². The van der Waals surface area contributed by atoms with Gasteiger partial charge in [-0.2, -0.15) is 0 Å². The molecule has 2 rings (SSSR count). The van der Waals surface area contributed by atoms with Crippen molar-refractivity contribution in [3.8, 4) is 11.8 Å². The van der Waals surface area contributed by atoms with Gasteiger partial charge in [0.15, 0.2) is 0 Å². The number of carbonyl (C=O) groups excluding carboxylic acids is 1. The predicted octanol–water partition coefficient (Wildman–Crippen LogP) is 4.33. The van der Waals surface area contributed by atoms with Gasteiger partial charge in [-0.3, -0.25) is 0 Å². The van der Waals surface area contributed by atoms with Crippen LogP contribution in [0.2, 0.25) is 5.02 Å². The number of carbonyl (C=O) groups is 1. The molecule has 0 spiro atoms.